The Morgan fingerprint density at radius 1 is 0.944 bits per heavy atom. The lowest BCUT2D eigenvalue weighted by molar-refractivity contribution is -0.150. The summed E-state index contributed by atoms with van der Waals surface area (Å²) in [5, 5.41) is 12.2. The van der Waals surface area contributed by atoms with Crippen LogP contribution in [0.4, 0.5) is 0 Å². The summed E-state index contributed by atoms with van der Waals surface area (Å²) in [6.07, 6.45) is 7.09. The average molecular weight is 254 g/mol. The second kappa shape index (κ2) is 4.88. The van der Waals surface area contributed by atoms with Crippen LogP contribution in [0.15, 0.2) is 0 Å². The van der Waals surface area contributed by atoms with Gasteiger partial charge in [0.05, 0.1) is 5.54 Å². The summed E-state index contributed by atoms with van der Waals surface area (Å²) in [4.78, 5) is 23.7. The SMILES string of the molecule is NC1(C(=O)NC2(C(=O)O)CCCCCC2)CCC1. The third-order valence-corrected chi connectivity index (χ3v) is 4.42. The Labute approximate surface area is 107 Å². The molecule has 2 aliphatic carbocycles. The van der Waals surface area contributed by atoms with E-state index in [-0.39, 0.29) is 5.91 Å². The van der Waals surface area contributed by atoms with Crippen LogP contribution in [0, 0.1) is 0 Å². The van der Waals surface area contributed by atoms with E-state index in [0.29, 0.717) is 25.7 Å². The van der Waals surface area contributed by atoms with Crippen LogP contribution in [0.3, 0.4) is 0 Å². The van der Waals surface area contributed by atoms with Crippen LogP contribution in [0.1, 0.15) is 57.8 Å². The first-order chi connectivity index (χ1) is 8.49. The van der Waals surface area contributed by atoms with Crippen LogP contribution >= 0.6 is 0 Å². The molecule has 0 aromatic carbocycles. The maximum atomic E-state index is 12.1. The largest absolute Gasteiger partial charge is 0.480 e. The molecule has 0 aromatic heterocycles. The zero-order valence-electron chi connectivity index (χ0n) is 10.7. The predicted octanol–water partition coefficient (Wildman–Crippen LogP) is 1.16. The number of carbonyl (C=O) groups is 2. The minimum absolute atomic E-state index is 0.280. The minimum atomic E-state index is -1.09. The Kier molecular flexibility index (Phi) is 3.61. The summed E-state index contributed by atoms with van der Waals surface area (Å²) in [5.41, 5.74) is 4.04. The van der Waals surface area contributed by atoms with Gasteiger partial charge in [0.25, 0.3) is 0 Å². The fourth-order valence-corrected chi connectivity index (χ4v) is 2.85. The predicted molar refractivity (Wildman–Crippen MR) is 67.0 cm³/mol. The van der Waals surface area contributed by atoms with Gasteiger partial charge in [-0.1, -0.05) is 25.7 Å². The molecule has 0 radical (unpaired) electrons. The van der Waals surface area contributed by atoms with Crippen LogP contribution in [-0.4, -0.2) is 28.1 Å². The van der Waals surface area contributed by atoms with Crippen molar-refractivity contribution in [1.29, 1.82) is 0 Å². The number of nitrogens with one attached hydrogen (secondary N) is 1. The Bertz CT molecular complexity index is 342. The van der Waals surface area contributed by atoms with Crippen molar-refractivity contribution in [1.82, 2.24) is 5.32 Å². The fourth-order valence-electron chi connectivity index (χ4n) is 2.85. The van der Waals surface area contributed by atoms with E-state index in [0.717, 1.165) is 32.1 Å². The smallest absolute Gasteiger partial charge is 0.329 e. The van der Waals surface area contributed by atoms with Crippen molar-refractivity contribution in [2.45, 2.75) is 68.9 Å². The van der Waals surface area contributed by atoms with Crippen LogP contribution in [-0.2, 0) is 9.59 Å². The molecule has 0 atom stereocenters. The van der Waals surface area contributed by atoms with Gasteiger partial charge in [0.15, 0.2) is 0 Å². The van der Waals surface area contributed by atoms with Crippen molar-refractivity contribution in [3.8, 4) is 0 Å². The number of amides is 1. The van der Waals surface area contributed by atoms with E-state index in [1.807, 2.05) is 0 Å². The van der Waals surface area contributed by atoms with Crippen LogP contribution in [0.2, 0.25) is 0 Å². The van der Waals surface area contributed by atoms with E-state index in [2.05, 4.69) is 5.32 Å². The molecular formula is C13H22N2O3. The first kappa shape index (κ1) is 13.3. The first-order valence-corrected chi connectivity index (χ1v) is 6.83. The van der Waals surface area contributed by atoms with Gasteiger partial charge in [0.1, 0.15) is 5.54 Å². The van der Waals surface area contributed by atoms with Gasteiger partial charge in [-0.05, 0) is 32.1 Å². The normalized spacial score (nSPS) is 25.6. The summed E-state index contributed by atoms with van der Waals surface area (Å²) in [7, 11) is 0. The Hall–Kier alpha value is -1.10. The van der Waals surface area contributed by atoms with Gasteiger partial charge in [0.2, 0.25) is 5.91 Å². The van der Waals surface area contributed by atoms with Crippen molar-refractivity contribution in [2.75, 3.05) is 0 Å². The molecule has 0 spiro atoms. The molecule has 1 amide bonds. The zero-order chi connectivity index (χ0) is 13.2. The summed E-state index contributed by atoms with van der Waals surface area (Å²) in [6.45, 7) is 0. The average Bonchev–Trinajstić information content (AvgIpc) is 2.52. The number of nitrogens with two attached hydrogens (primary N) is 1. The number of carbonyl (C=O) groups excluding carboxylic acids is 1. The van der Waals surface area contributed by atoms with Crippen molar-refractivity contribution in [3.05, 3.63) is 0 Å². The highest BCUT2D eigenvalue weighted by Gasteiger charge is 2.46. The van der Waals surface area contributed by atoms with E-state index in [1.54, 1.807) is 0 Å². The van der Waals surface area contributed by atoms with Gasteiger partial charge < -0.3 is 16.2 Å². The summed E-state index contributed by atoms with van der Waals surface area (Å²) >= 11 is 0. The van der Waals surface area contributed by atoms with E-state index >= 15 is 0 Å². The third-order valence-electron chi connectivity index (χ3n) is 4.42. The highest BCUT2D eigenvalue weighted by atomic mass is 16.4. The van der Waals surface area contributed by atoms with E-state index in [4.69, 9.17) is 5.73 Å². The van der Waals surface area contributed by atoms with E-state index in [1.165, 1.54) is 0 Å². The van der Waals surface area contributed by atoms with Gasteiger partial charge in [-0.15, -0.1) is 0 Å². The quantitative estimate of drug-likeness (QED) is 0.659. The summed E-state index contributed by atoms with van der Waals surface area (Å²) in [5.74, 6) is -1.20. The van der Waals surface area contributed by atoms with Crippen LogP contribution < -0.4 is 11.1 Å². The van der Waals surface area contributed by atoms with Gasteiger partial charge in [-0.25, -0.2) is 4.79 Å². The lowest BCUT2D eigenvalue weighted by atomic mass is 9.76. The number of carboxylic acids is 1. The molecule has 0 aliphatic heterocycles. The van der Waals surface area contributed by atoms with Gasteiger partial charge in [0, 0.05) is 0 Å². The van der Waals surface area contributed by atoms with Crippen molar-refractivity contribution >= 4 is 11.9 Å². The zero-order valence-corrected chi connectivity index (χ0v) is 10.7. The van der Waals surface area contributed by atoms with Crippen molar-refractivity contribution < 1.29 is 14.7 Å². The minimum Gasteiger partial charge on any atom is -0.480 e. The lowest BCUT2D eigenvalue weighted by Crippen LogP contribution is -2.65. The third kappa shape index (κ3) is 2.36. The molecule has 0 aromatic rings. The van der Waals surface area contributed by atoms with Gasteiger partial charge >= 0.3 is 5.97 Å². The fraction of sp³-hybridized carbons (Fsp3) is 0.846. The lowest BCUT2D eigenvalue weighted by Gasteiger charge is -2.40. The monoisotopic (exact) mass is 254 g/mol. The molecule has 0 heterocycles. The molecule has 5 heteroatoms. The highest BCUT2D eigenvalue weighted by Crippen LogP contribution is 2.32. The molecule has 0 saturated heterocycles. The summed E-state index contributed by atoms with van der Waals surface area (Å²) < 4.78 is 0. The topological polar surface area (TPSA) is 92.4 Å². The highest BCUT2D eigenvalue weighted by molar-refractivity contribution is 5.92. The van der Waals surface area contributed by atoms with E-state index < -0.39 is 17.0 Å². The Balaban J connectivity index is 2.10. The standard InChI is InChI=1S/C13H22N2O3/c14-12(6-5-7-12)10(16)15-13(11(17)18)8-3-1-2-4-9-13/h1-9,14H2,(H,15,16)(H,17,18). The molecule has 0 bridgehead atoms. The molecule has 2 aliphatic rings. The molecule has 2 saturated carbocycles. The first-order valence-electron chi connectivity index (χ1n) is 6.83. The summed E-state index contributed by atoms with van der Waals surface area (Å²) in [6, 6.07) is 0. The molecule has 2 fully saturated rings. The molecule has 2 rings (SSSR count). The maximum Gasteiger partial charge on any atom is 0.329 e. The molecule has 4 N–H and O–H groups in total. The molecular weight excluding hydrogens is 232 g/mol. The number of hydrogen-bond acceptors (Lipinski definition) is 3. The van der Waals surface area contributed by atoms with E-state index in [9.17, 15) is 14.7 Å². The molecule has 5 nitrogen and oxygen atoms in total. The number of rotatable bonds is 3. The van der Waals surface area contributed by atoms with Crippen molar-refractivity contribution in [2.24, 2.45) is 5.73 Å². The number of carboxylic acid groups (broad SMARTS) is 1. The maximum absolute atomic E-state index is 12.1. The van der Waals surface area contributed by atoms with Crippen LogP contribution in [0.5, 0.6) is 0 Å². The Morgan fingerprint density at radius 2 is 1.50 bits per heavy atom. The number of aliphatic carboxylic acids is 1. The van der Waals surface area contributed by atoms with Crippen molar-refractivity contribution in [3.63, 3.8) is 0 Å². The second-order valence-electron chi connectivity index (χ2n) is 5.77. The number of hydrogen-bond donors (Lipinski definition) is 3. The molecule has 102 valence electrons. The van der Waals surface area contributed by atoms with Gasteiger partial charge in [-0.2, -0.15) is 0 Å². The van der Waals surface area contributed by atoms with Crippen LogP contribution in [0.25, 0.3) is 0 Å². The second-order valence-corrected chi connectivity index (χ2v) is 5.77. The molecule has 18 heavy (non-hydrogen) atoms. The molecule has 0 unspecified atom stereocenters. The Morgan fingerprint density at radius 3 is 1.89 bits per heavy atom. The van der Waals surface area contributed by atoms with Gasteiger partial charge in [-0.3, -0.25) is 4.79 Å².